The molecular formula is C28H42O2S. The van der Waals surface area contributed by atoms with E-state index in [0.717, 1.165) is 22.6 Å². The maximum absolute atomic E-state index is 10.5. The van der Waals surface area contributed by atoms with Crippen LogP contribution < -0.4 is 0 Å². The van der Waals surface area contributed by atoms with Gasteiger partial charge in [-0.3, -0.25) is 0 Å². The lowest BCUT2D eigenvalue weighted by Gasteiger charge is -2.18. The Morgan fingerprint density at radius 1 is 0.645 bits per heavy atom. The van der Waals surface area contributed by atoms with Gasteiger partial charge in [0.1, 0.15) is 11.5 Å². The van der Waals surface area contributed by atoms with E-state index in [2.05, 4.69) is 52.0 Å². The highest BCUT2D eigenvalue weighted by Crippen LogP contribution is 2.42. The number of phenolic OH excluding ortho intramolecular Hbond substituents is 2. The van der Waals surface area contributed by atoms with Crippen molar-refractivity contribution >= 4 is 11.8 Å². The molecule has 0 aliphatic carbocycles. The first-order valence-corrected chi connectivity index (χ1v) is 13.2. The Hall–Kier alpha value is -1.61. The molecule has 0 amide bonds. The van der Waals surface area contributed by atoms with Crippen LogP contribution in [0.2, 0.25) is 0 Å². The van der Waals surface area contributed by atoms with Crippen LogP contribution in [0.3, 0.4) is 0 Å². The summed E-state index contributed by atoms with van der Waals surface area (Å²) in [7, 11) is 0. The van der Waals surface area contributed by atoms with Crippen molar-refractivity contribution in [1.29, 1.82) is 0 Å². The molecule has 2 aromatic carbocycles. The highest BCUT2D eigenvalue weighted by Gasteiger charge is 2.16. The number of hydrogen-bond acceptors (Lipinski definition) is 3. The van der Waals surface area contributed by atoms with Gasteiger partial charge in [-0.1, -0.05) is 90.1 Å². The van der Waals surface area contributed by atoms with Crippen LogP contribution in [0.4, 0.5) is 0 Å². The van der Waals surface area contributed by atoms with Gasteiger partial charge in [-0.2, -0.15) is 0 Å². The van der Waals surface area contributed by atoms with Crippen molar-refractivity contribution in [3.63, 3.8) is 0 Å². The average molecular weight is 443 g/mol. The number of aromatic hydroxyl groups is 2. The minimum atomic E-state index is 0.289. The molecule has 0 bridgehead atoms. The van der Waals surface area contributed by atoms with E-state index < -0.39 is 0 Å². The van der Waals surface area contributed by atoms with Crippen LogP contribution in [0.25, 0.3) is 0 Å². The SMILES string of the molecule is CCCCCC(CC)c1ccc(O)c(Sc2cc(C(CC)CCCCC)ccc2O)c1. The molecule has 2 unspecified atom stereocenters. The molecule has 0 aliphatic heterocycles. The molecule has 0 fully saturated rings. The first-order valence-electron chi connectivity index (χ1n) is 12.4. The smallest absolute Gasteiger partial charge is 0.129 e. The summed E-state index contributed by atoms with van der Waals surface area (Å²) >= 11 is 1.48. The molecule has 0 saturated carbocycles. The van der Waals surface area contributed by atoms with Gasteiger partial charge in [0.15, 0.2) is 0 Å². The molecule has 2 aromatic rings. The fourth-order valence-corrected chi connectivity index (χ4v) is 5.32. The van der Waals surface area contributed by atoms with Crippen LogP contribution in [0.5, 0.6) is 11.5 Å². The van der Waals surface area contributed by atoms with Crippen LogP contribution in [0, 0.1) is 0 Å². The Morgan fingerprint density at radius 3 is 1.42 bits per heavy atom. The van der Waals surface area contributed by atoms with Crippen molar-refractivity contribution < 1.29 is 10.2 Å². The maximum Gasteiger partial charge on any atom is 0.129 e. The second-order valence-electron chi connectivity index (χ2n) is 8.76. The van der Waals surface area contributed by atoms with Crippen LogP contribution in [0.15, 0.2) is 46.2 Å². The summed E-state index contributed by atoms with van der Waals surface area (Å²) in [6, 6.07) is 12.0. The van der Waals surface area contributed by atoms with Crippen LogP contribution >= 0.6 is 11.8 Å². The fourth-order valence-electron chi connectivity index (χ4n) is 4.35. The van der Waals surface area contributed by atoms with E-state index in [1.54, 1.807) is 0 Å². The summed E-state index contributed by atoms with van der Waals surface area (Å²) in [5, 5.41) is 21.0. The molecule has 2 atom stereocenters. The Labute approximate surface area is 194 Å². The van der Waals surface area contributed by atoms with Crippen LogP contribution in [0.1, 0.15) is 115 Å². The predicted octanol–water partition coefficient (Wildman–Crippen LogP) is 9.40. The minimum absolute atomic E-state index is 0.289. The summed E-state index contributed by atoms with van der Waals surface area (Å²) in [5.74, 6) is 1.62. The van der Waals surface area contributed by atoms with Gasteiger partial charge in [0.25, 0.3) is 0 Å². The zero-order chi connectivity index (χ0) is 22.6. The molecule has 2 nitrogen and oxygen atoms in total. The number of benzene rings is 2. The van der Waals surface area contributed by atoms with E-state index in [1.165, 1.54) is 74.3 Å². The largest absolute Gasteiger partial charge is 0.507 e. The summed E-state index contributed by atoms with van der Waals surface area (Å²) < 4.78 is 0. The molecule has 0 heterocycles. The highest BCUT2D eigenvalue weighted by atomic mass is 32.2. The molecule has 0 spiro atoms. The van der Waals surface area contributed by atoms with Crippen LogP contribution in [-0.4, -0.2) is 10.2 Å². The van der Waals surface area contributed by atoms with E-state index in [9.17, 15) is 10.2 Å². The molecule has 0 aromatic heterocycles. The molecule has 0 saturated heterocycles. The van der Waals surface area contributed by atoms with E-state index in [4.69, 9.17) is 0 Å². The van der Waals surface area contributed by atoms with Crippen molar-refractivity contribution in [1.82, 2.24) is 0 Å². The van der Waals surface area contributed by atoms with Gasteiger partial charge in [0.2, 0.25) is 0 Å². The highest BCUT2D eigenvalue weighted by molar-refractivity contribution is 7.99. The van der Waals surface area contributed by atoms with Crippen LogP contribution in [-0.2, 0) is 0 Å². The van der Waals surface area contributed by atoms with Crippen molar-refractivity contribution in [2.24, 2.45) is 0 Å². The molecule has 172 valence electrons. The first kappa shape index (κ1) is 25.6. The molecule has 2 N–H and O–H groups in total. The number of unbranched alkanes of at least 4 members (excludes halogenated alkanes) is 4. The monoisotopic (exact) mass is 442 g/mol. The van der Waals surface area contributed by atoms with Crippen molar-refractivity contribution in [2.45, 2.75) is 114 Å². The predicted molar refractivity (Wildman–Crippen MR) is 135 cm³/mol. The summed E-state index contributed by atoms with van der Waals surface area (Å²) in [6.45, 7) is 8.97. The Bertz CT molecular complexity index is 721. The van der Waals surface area contributed by atoms with Crippen molar-refractivity contribution in [2.75, 3.05) is 0 Å². The second-order valence-corrected chi connectivity index (χ2v) is 9.84. The second kappa shape index (κ2) is 13.7. The lowest BCUT2D eigenvalue weighted by Crippen LogP contribution is -1.99. The lowest BCUT2D eigenvalue weighted by atomic mass is 9.91. The molecule has 3 heteroatoms. The zero-order valence-electron chi connectivity index (χ0n) is 20.0. The Kier molecular flexibility index (Phi) is 11.4. The molecule has 0 aliphatic rings. The first-order chi connectivity index (χ1) is 15.0. The van der Waals surface area contributed by atoms with Crippen molar-refractivity contribution in [3.05, 3.63) is 47.5 Å². The van der Waals surface area contributed by atoms with Gasteiger partial charge in [-0.05, 0) is 72.9 Å². The van der Waals surface area contributed by atoms with E-state index in [-0.39, 0.29) is 11.5 Å². The molecule has 2 rings (SSSR count). The normalized spacial score (nSPS) is 13.3. The van der Waals surface area contributed by atoms with Gasteiger partial charge in [0.05, 0.1) is 9.79 Å². The van der Waals surface area contributed by atoms with E-state index in [0.29, 0.717) is 11.8 Å². The van der Waals surface area contributed by atoms with E-state index in [1.807, 2.05) is 12.1 Å². The quantitative estimate of drug-likeness (QED) is 0.286. The van der Waals surface area contributed by atoms with Gasteiger partial charge in [0, 0.05) is 0 Å². The zero-order valence-corrected chi connectivity index (χ0v) is 20.8. The Morgan fingerprint density at radius 2 is 1.06 bits per heavy atom. The standard InChI is InChI=1S/C28H42O2S/c1-5-9-11-13-21(7-3)23-15-17-25(29)27(19-23)31-28-20-24(16-18-26(28)30)22(8-4)14-12-10-6-2/h15-22,29-30H,5-14H2,1-4H3. The number of rotatable bonds is 14. The average Bonchev–Trinajstić information content (AvgIpc) is 2.78. The van der Waals surface area contributed by atoms with Crippen molar-refractivity contribution in [3.8, 4) is 11.5 Å². The Balaban J connectivity index is 2.22. The van der Waals surface area contributed by atoms with Gasteiger partial charge in [-0.25, -0.2) is 0 Å². The third-order valence-electron chi connectivity index (χ3n) is 6.43. The summed E-state index contributed by atoms with van der Waals surface area (Å²) in [4.78, 5) is 1.66. The number of phenols is 2. The molecule has 0 radical (unpaired) electrons. The van der Waals surface area contributed by atoms with Gasteiger partial charge in [-0.15, -0.1) is 0 Å². The molecule has 31 heavy (non-hydrogen) atoms. The van der Waals surface area contributed by atoms with Gasteiger partial charge < -0.3 is 10.2 Å². The van der Waals surface area contributed by atoms with Gasteiger partial charge >= 0.3 is 0 Å². The minimum Gasteiger partial charge on any atom is -0.507 e. The summed E-state index contributed by atoms with van der Waals surface area (Å²) in [6.07, 6.45) is 12.1. The molecular weight excluding hydrogens is 400 g/mol. The fraction of sp³-hybridized carbons (Fsp3) is 0.571. The van der Waals surface area contributed by atoms with E-state index >= 15 is 0 Å². The third kappa shape index (κ3) is 7.79. The third-order valence-corrected chi connectivity index (χ3v) is 7.52. The lowest BCUT2D eigenvalue weighted by molar-refractivity contribution is 0.458. The maximum atomic E-state index is 10.5. The summed E-state index contributed by atoms with van der Waals surface area (Å²) in [5.41, 5.74) is 2.58. The number of hydrogen-bond donors (Lipinski definition) is 2. The topological polar surface area (TPSA) is 40.5 Å².